The molecule has 0 aromatic heterocycles. The minimum atomic E-state index is -1.01. The minimum Gasteiger partial charge on any atom is -0.480 e. The van der Waals surface area contributed by atoms with E-state index in [-0.39, 0.29) is 64.2 Å². The summed E-state index contributed by atoms with van der Waals surface area (Å²) in [7, 11) is 1.52. The molecule has 1 aromatic carbocycles. The number of carbonyl (C=O) groups is 5. The molecule has 1 rings (SSSR count). The van der Waals surface area contributed by atoms with Gasteiger partial charge in [-0.1, -0.05) is 37.3 Å². The van der Waals surface area contributed by atoms with Crippen molar-refractivity contribution in [1.29, 1.82) is 0 Å². The number of ketones is 1. The Balaban J connectivity index is 2.77. The van der Waals surface area contributed by atoms with Gasteiger partial charge in [-0.25, -0.2) is 0 Å². The summed E-state index contributed by atoms with van der Waals surface area (Å²) in [5.74, 6) is -1.99. The second kappa shape index (κ2) is 18.9. The first-order valence-electron chi connectivity index (χ1n) is 12.1. The van der Waals surface area contributed by atoms with Crippen molar-refractivity contribution in [1.82, 2.24) is 20.0 Å². The van der Waals surface area contributed by atoms with Gasteiger partial charge in [-0.2, -0.15) is 0 Å². The third-order valence-corrected chi connectivity index (χ3v) is 5.74. The zero-order valence-electron chi connectivity index (χ0n) is 21.5. The van der Waals surface area contributed by atoms with E-state index in [4.69, 9.17) is 9.47 Å². The zero-order valence-corrected chi connectivity index (χ0v) is 21.5. The van der Waals surface area contributed by atoms with Crippen LogP contribution in [0.25, 0.3) is 0 Å². The smallest absolute Gasteiger partial charge is 0.317 e. The number of carboxylic acid groups (broad SMARTS) is 1. The lowest BCUT2D eigenvalue weighted by atomic mass is 9.93. The van der Waals surface area contributed by atoms with E-state index in [2.05, 4.69) is 5.32 Å². The molecule has 206 valence electrons. The quantitative estimate of drug-likeness (QED) is 0.154. The summed E-state index contributed by atoms with van der Waals surface area (Å²) in [5, 5.41) is 11.9. The lowest BCUT2D eigenvalue weighted by molar-refractivity contribution is -0.138. The fourth-order valence-electron chi connectivity index (χ4n) is 3.75. The van der Waals surface area contributed by atoms with Crippen molar-refractivity contribution < 1.29 is 38.6 Å². The molecule has 37 heavy (non-hydrogen) atoms. The summed E-state index contributed by atoms with van der Waals surface area (Å²) in [6, 6.07) is 9.41. The molecule has 0 fully saturated rings. The maximum Gasteiger partial charge on any atom is 0.317 e. The van der Waals surface area contributed by atoms with E-state index < -0.39 is 11.9 Å². The lowest BCUT2D eigenvalue weighted by Gasteiger charge is -2.28. The Morgan fingerprint density at radius 1 is 0.919 bits per heavy atom. The van der Waals surface area contributed by atoms with Crippen LogP contribution in [-0.4, -0.2) is 117 Å². The van der Waals surface area contributed by atoms with Crippen LogP contribution >= 0.6 is 0 Å². The standard InChI is InChI=1S/C25H38N4O8/c1-3-27(17-36-19-30)9-10-28(16-24(33)34)11-12-29(18-37-20-31)15-23(32)14-22(25(35)26-2)13-21-7-5-4-6-8-21/h4-8,19-20,22H,3,9-18H2,1-2H3,(H,26,35)(H,33,34). The molecule has 12 heteroatoms. The Labute approximate surface area is 217 Å². The molecule has 0 saturated carbocycles. The number of hydrogen-bond acceptors (Lipinski definition) is 10. The molecule has 0 aliphatic heterocycles. The summed E-state index contributed by atoms with van der Waals surface area (Å²) in [5.41, 5.74) is 0.939. The van der Waals surface area contributed by atoms with Crippen molar-refractivity contribution in [3.63, 3.8) is 0 Å². The zero-order chi connectivity index (χ0) is 27.5. The first-order chi connectivity index (χ1) is 17.8. The molecule has 0 aliphatic rings. The van der Waals surface area contributed by atoms with E-state index >= 15 is 0 Å². The van der Waals surface area contributed by atoms with Crippen molar-refractivity contribution in [3.8, 4) is 0 Å². The Kier molecular flexibility index (Phi) is 16.1. The predicted molar refractivity (Wildman–Crippen MR) is 134 cm³/mol. The van der Waals surface area contributed by atoms with Gasteiger partial charge in [0, 0.05) is 45.6 Å². The van der Waals surface area contributed by atoms with Crippen molar-refractivity contribution in [3.05, 3.63) is 35.9 Å². The molecule has 1 aromatic rings. The number of amides is 1. The van der Waals surface area contributed by atoms with Gasteiger partial charge in [0.25, 0.3) is 12.9 Å². The van der Waals surface area contributed by atoms with Crippen LogP contribution in [0, 0.1) is 5.92 Å². The third-order valence-electron chi connectivity index (χ3n) is 5.74. The highest BCUT2D eigenvalue weighted by atomic mass is 16.5. The molecule has 0 heterocycles. The summed E-state index contributed by atoms with van der Waals surface area (Å²) in [6.07, 6.45) is 0.415. The number of benzene rings is 1. The number of hydrogen-bond donors (Lipinski definition) is 2. The van der Waals surface area contributed by atoms with Crippen LogP contribution in [-0.2, 0) is 39.9 Å². The SMILES string of the molecule is CCN(CCN(CCN(COC=O)CC(=O)CC(Cc1ccccc1)C(=O)NC)CC(=O)O)COC=O. The van der Waals surface area contributed by atoms with Crippen molar-refractivity contribution >= 4 is 30.6 Å². The van der Waals surface area contributed by atoms with Gasteiger partial charge in [-0.3, -0.25) is 38.7 Å². The third kappa shape index (κ3) is 14.1. The van der Waals surface area contributed by atoms with Gasteiger partial charge in [0.05, 0.1) is 13.1 Å². The molecular weight excluding hydrogens is 484 g/mol. The number of nitrogens with zero attached hydrogens (tertiary/aromatic N) is 3. The molecule has 0 saturated heterocycles. The number of ether oxygens (including phenoxy) is 2. The highest BCUT2D eigenvalue weighted by Crippen LogP contribution is 2.14. The van der Waals surface area contributed by atoms with Crippen LogP contribution in [0.1, 0.15) is 18.9 Å². The van der Waals surface area contributed by atoms with Gasteiger partial charge in [0.15, 0.2) is 0 Å². The van der Waals surface area contributed by atoms with E-state index in [9.17, 15) is 29.1 Å². The molecular formula is C25H38N4O8. The summed E-state index contributed by atoms with van der Waals surface area (Å²) in [4.78, 5) is 63.0. The largest absolute Gasteiger partial charge is 0.480 e. The van der Waals surface area contributed by atoms with Gasteiger partial charge in [0.2, 0.25) is 5.91 Å². The van der Waals surface area contributed by atoms with E-state index in [1.165, 1.54) is 7.05 Å². The maximum absolute atomic E-state index is 12.9. The summed E-state index contributed by atoms with van der Waals surface area (Å²) < 4.78 is 9.63. The first-order valence-corrected chi connectivity index (χ1v) is 12.1. The average molecular weight is 523 g/mol. The number of carbonyl (C=O) groups excluding carboxylic acids is 4. The Morgan fingerprint density at radius 3 is 2.03 bits per heavy atom. The fourth-order valence-corrected chi connectivity index (χ4v) is 3.75. The van der Waals surface area contributed by atoms with Crippen LogP contribution in [0.15, 0.2) is 30.3 Å². The Hall–Kier alpha value is -3.35. The van der Waals surface area contributed by atoms with Crippen LogP contribution in [0.2, 0.25) is 0 Å². The second-order valence-electron chi connectivity index (χ2n) is 8.46. The number of carboxylic acids is 1. The van der Waals surface area contributed by atoms with E-state index in [1.807, 2.05) is 42.2 Å². The number of aliphatic carboxylic acids is 1. The van der Waals surface area contributed by atoms with Gasteiger partial charge < -0.3 is 19.9 Å². The van der Waals surface area contributed by atoms with E-state index in [0.29, 0.717) is 32.5 Å². The normalized spacial score (nSPS) is 11.8. The molecule has 0 radical (unpaired) electrons. The molecule has 0 spiro atoms. The average Bonchev–Trinajstić information content (AvgIpc) is 2.89. The van der Waals surface area contributed by atoms with E-state index in [1.54, 1.807) is 9.80 Å². The predicted octanol–water partition coefficient (Wildman–Crippen LogP) is -0.178. The first kappa shape index (κ1) is 31.7. The van der Waals surface area contributed by atoms with E-state index in [0.717, 1.165) is 5.56 Å². The fraction of sp³-hybridized carbons (Fsp3) is 0.560. The Morgan fingerprint density at radius 2 is 1.49 bits per heavy atom. The van der Waals surface area contributed by atoms with Gasteiger partial charge in [-0.05, 0) is 18.5 Å². The van der Waals surface area contributed by atoms with Crippen molar-refractivity contribution in [2.24, 2.45) is 5.92 Å². The maximum atomic E-state index is 12.9. The molecule has 0 bridgehead atoms. The number of rotatable bonds is 22. The second-order valence-corrected chi connectivity index (χ2v) is 8.46. The molecule has 1 unspecified atom stereocenters. The monoisotopic (exact) mass is 522 g/mol. The van der Waals surface area contributed by atoms with Crippen LogP contribution in [0.3, 0.4) is 0 Å². The molecule has 0 aliphatic carbocycles. The topological polar surface area (TPSA) is 146 Å². The van der Waals surface area contributed by atoms with Crippen molar-refractivity contribution in [2.45, 2.75) is 19.8 Å². The highest BCUT2D eigenvalue weighted by Gasteiger charge is 2.23. The molecule has 12 nitrogen and oxygen atoms in total. The van der Waals surface area contributed by atoms with Crippen LogP contribution in [0.4, 0.5) is 0 Å². The minimum absolute atomic E-state index is 0.00713. The summed E-state index contributed by atoms with van der Waals surface area (Å²) in [6.45, 7) is 4.20. The van der Waals surface area contributed by atoms with Gasteiger partial charge in [-0.15, -0.1) is 0 Å². The lowest BCUT2D eigenvalue weighted by Crippen LogP contribution is -2.44. The summed E-state index contributed by atoms with van der Waals surface area (Å²) >= 11 is 0. The van der Waals surface area contributed by atoms with Crippen LogP contribution in [0.5, 0.6) is 0 Å². The molecule has 1 amide bonds. The highest BCUT2D eigenvalue weighted by molar-refractivity contribution is 5.87. The number of nitrogens with one attached hydrogen (secondary N) is 1. The van der Waals surface area contributed by atoms with Gasteiger partial charge in [0.1, 0.15) is 19.2 Å². The molecule has 2 N–H and O–H groups in total. The number of likely N-dealkylation sites (N-methyl/N-ethyl adjacent to an activating group) is 1. The van der Waals surface area contributed by atoms with Crippen LogP contribution < -0.4 is 5.32 Å². The molecule has 1 atom stereocenters. The number of Topliss-reactive ketones (excluding diaryl/α,β-unsaturated/α-hetero) is 1. The Bertz CT molecular complexity index is 839. The van der Waals surface area contributed by atoms with Crippen molar-refractivity contribution in [2.75, 3.05) is 66.3 Å². The van der Waals surface area contributed by atoms with Gasteiger partial charge >= 0.3 is 5.97 Å².